The Kier molecular flexibility index (Phi) is 3.35. The summed E-state index contributed by atoms with van der Waals surface area (Å²) in [5, 5.41) is 4.12. The molecule has 19 heavy (non-hydrogen) atoms. The molecular weight excluding hydrogens is 242 g/mol. The maximum absolute atomic E-state index is 6.46. The molecule has 2 fully saturated rings. The van der Waals surface area contributed by atoms with Gasteiger partial charge < -0.3 is 15.0 Å². The predicted octanol–water partition coefficient (Wildman–Crippen LogP) is 2.67. The van der Waals surface area contributed by atoms with Crippen LogP contribution in [0.2, 0.25) is 0 Å². The van der Waals surface area contributed by atoms with Gasteiger partial charge in [0.15, 0.2) is 5.82 Å². The molecule has 0 radical (unpaired) electrons. The molecule has 0 amide bonds. The van der Waals surface area contributed by atoms with E-state index in [1.807, 2.05) is 0 Å². The van der Waals surface area contributed by atoms with Crippen LogP contribution in [0.15, 0.2) is 4.52 Å². The molecule has 1 aliphatic carbocycles. The summed E-state index contributed by atoms with van der Waals surface area (Å²) in [6, 6.07) is 0. The Balaban J connectivity index is 1.74. The summed E-state index contributed by atoms with van der Waals surface area (Å²) in [6.45, 7) is 4.35. The van der Waals surface area contributed by atoms with Crippen molar-refractivity contribution < 1.29 is 9.26 Å². The molecule has 1 saturated heterocycles. The number of ether oxygens (including phenoxy) is 1. The minimum atomic E-state index is -0.404. The van der Waals surface area contributed by atoms with Crippen LogP contribution < -0.4 is 5.73 Å². The molecule has 1 saturated carbocycles. The van der Waals surface area contributed by atoms with Gasteiger partial charge in [0.25, 0.3) is 5.89 Å². The topological polar surface area (TPSA) is 74.2 Å². The Morgan fingerprint density at radius 3 is 2.53 bits per heavy atom. The highest BCUT2D eigenvalue weighted by Gasteiger charge is 2.37. The molecule has 0 spiro atoms. The molecule has 2 N–H and O–H groups in total. The molecule has 1 aromatic rings. The van der Waals surface area contributed by atoms with Gasteiger partial charge in [-0.3, -0.25) is 0 Å². The molecule has 5 nitrogen and oxygen atoms in total. The zero-order valence-corrected chi connectivity index (χ0v) is 11.8. The maximum atomic E-state index is 6.46. The Labute approximate surface area is 113 Å². The Hall–Kier alpha value is -0.940. The van der Waals surface area contributed by atoms with Crippen LogP contribution in [0.3, 0.4) is 0 Å². The van der Waals surface area contributed by atoms with E-state index in [1.54, 1.807) is 0 Å². The summed E-state index contributed by atoms with van der Waals surface area (Å²) in [7, 11) is 0. The van der Waals surface area contributed by atoms with E-state index in [0.29, 0.717) is 11.7 Å². The van der Waals surface area contributed by atoms with E-state index in [2.05, 4.69) is 24.0 Å². The van der Waals surface area contributed by atoms with Crippen molar-refractivity contribution in [3.05, 3.63) is 11.7 Å². The number of hydrogen-bond donors (Lipinski definition) is 1. The van der Waals surface area contributed by atoms with Gasteiger partial charge in [-0.2, -0.15) is 4.98 Å². The number of nitrogens with zero attached hydrogens (tertiary/aromatic N) is 2. The molecular formula is C14H23N3O2. The van der Waals surface area contributed by atoms with E-state index >= 15 is 0 Å². The fraction of sp³-hybridized carbons (Fsp3) is 0.857. The Bertz CT molecular complexity index is 438. The summed E-state index contributed by atoms with van der Waals surface area (Å²) in [5.41, 5.74) is 6.05. The largest absolute Gasteiger partial charge is 0.365 e. The summed E-state index contributed by atoms with van der Waals surface area (Å²) < 4.78 is 11.1. The van der Waals surface area contributed by atoms with Gasteiger partial charge in [0.2, 0.25) is 0 Å². The molecule has 2 unspecified atom stereocenters. The van der Waals surface area contributed by atoms with Gasteiger partial charge >= 0.3 is 0 Å². The van der Waals surface area contributed by atoms with Crippen molar-refractivity contribution in [1.29, 1.82) is 0 Å². The molecule has 2 atom stereocenters. The Morgan fingerprint density at radius 2 is 1.89 bits per heavy atom. The maximum Gasteiger partial charge on any atom is 0.255 e. The third-order valence-corrected chi connectivity index (χ3v) is 4.56. The van der Waals surface area contributed by atoms with Crippen LogP contribution in [0.1, 0.15) is 70.2 Å². The van der Waals surface area contributed by atoms with E-state index in [0.717, 1.165) is 44.4 Å². The van der Waals surface area contributed by atoms with Crippen LogP contribution >= 0.6 is 0 Å². The highest BCUT2D eigenvalue weighted by molar-refractivity contribution is 5.07. The zero-order chi connectivity index (χ0) is 13.5. The monoisotopic (exact) mass is 265 g/mol. The average Bonchev–Trinajstić information content (AvgIpc) is 3.02. The van der Waals surface area contributed by atoms with E-state index in [9.17, 15) is 0 Å². The van der Waals surface area contributed by atoms with Gasteiger partial charge in [-0.1, -0.05) is 12.1 Å². The van der Waals surface area contributed by atoms with Gasteiger partial charge in [0, 0.05) is 0 Å². The summed E-state index contributed by atoms with van der Waals surface area (Å²) in [6.07, 6.45) is 6.40. The van der Waals surface area contributed by atoms with Crippen molar-refractivity contribution in [1.82, 2.24) is 10.1 Å². The third-order valence-electron chi connectivity index (χ3n) is 4.56. The highest BCUT2D eigenvalue weighted by Crippen LogP contribution is 2.37. The molecule has 106 valence electrons. The van der Waals surface area contributed by atoms with E-state index in [-0.39, 0.29) is 12.2 Å². The first-order valence-electron chi connectivity index (χ1n) is 7.35. The highest BCUT2D eigenvalue weighted by atomic mass is 16.5. The fourth-order valence-corrected chi connectivity index (χ4v) is 3.05. The third kappa shape index (κ3) is 2.54. The minimum absolute atomic E-state index is 0.0395. The van der Waals surface area contributed by atoms with E-state index < -0.39 is 5.54 Å². The van der Waals surface area contributed by atoms with Crippen LogP contribution in [-0.2, 0) is 10.3 Å². The summed E-state index contributed by atoms with van der Waals surface area (Å²) in [4.78, 5) is 4.52. The summed E-state index contributed by atoms with van der Waals surface area (Å²) >= 11 is 0. The van der Waals surface area contributed by atoms with E-state index in [4.69, 9.17) is 15.0 Å². The zero-order valence-electron chi connectivity index (χ0n) is 11.8. The van der Waals surface area contributed by atoms with Crippen LogP contribution in [0.4, 0.5) is 0 Å². The van der Waals surface area contributed by atoms with Crippen molar-refractivity contribution in [2.24, 2.45) is 11.7 Å². The molecule has 0 aromatic carbocycles. The number of hydrogen-bond acceptors (Lipinski definition) is 5. The van der Waals surface area contributed by atoms with Crippen molar-refractivity contribution in [2.75, 3.05) is 0 Å². The standard InChI is InChI=1S/C14H23N3O2/c1-9-5-7-14(15,8-6-9)13-16-12(19-17-13)11-4-3-10(2)18-11/h9-11H,3-8,15H2,1-2H3. The van der Waals surface area contributed by atoms with Crippen molar-refractivity contribution >= 4 is 0 Å². The normalized spacial score (nSPS) is 39.6. The molecule has 2 heterocycles. The van der Waals surface area contributed by atoms with Crippen LogP contribution in [-0.4, -0.2) is 16.2 Å². The summed E-state index contributed by atoms with van der Waals surface area (Å²) in [5.74, 6) is 2.02. The number of rotatable bonds is 2. The lowest BCUT2D eigenvalue weighted by Gasteiger charge is -2.33. The average molecular weight is 265 g/mol. The predicted molar refractivity (Wildman–Crippen MR) is 70.3 cm³/mol. The molecule has 0 bridgehead atoms. The van der Waals surface area contributed by atoms with Gasteiger partial charge in [0.05, 0.1) is 11.6 Å². The number of nitrogens with two attached hydrogens (primary N) is 1. The SMILES string of the molecule is CC1CCC(N)(c2noc(C3CCC(C)O3)n2)CC1. The molecule has 3 rings (SSSR count). The first-order valence-corrected chi connectivity index (χ1v) is 7.35. The lowest BCUT2D eigenvalue weighted by atomic mass is 9.77. The Morgan fingerprint density at radius 1 is 1.16 bits per heavy atom. The quantitative estimate of drug-likeness (QED) is 0.889. The first kappa shape index (κ1) is 13.1. The molecule has 2 aliphatic rings. The van der Waals surface area contributed by atoms with Crippen molar-refractivity contribution in [3.8, 4) is 0 Å². The van der Waals surface area contributed by atoms with Crippen molar-refractivity contribution in [2.45, 2.75) is 70.1 Å². The fourth-order valence-electron chi connectivity index (χ4n) is 3.05. The number of aromatic nitrogens is 2. The minimum Gasteiger partial charge on any atom is -0.365 e. The first-order chi connectivity index (χ1) is 9.07. The smallest absolute Gasteiger partial charge is 0.255 e. The second-order valence-corrected chi connectivity index (χ2v) is 6.31. The lowest BCUT2D eigenvalue weighted by Crippen LogP contribution is -2.41. The molecule has 1 aliphatic heterocycles. The van der Waals surface area contributed by atoms with Crippen molar-refractivity contribution in [3.63, 3.8) is 0 Å². The van der Waals surface area contributed by atoms with Crippen LogP contribution in [0.25, 0.3) is 0 Å². The molecule has 5 heteroatoms. The van der Waals surface area contributed by atoms with Gasteiger partial charge in [-0.05, 0) is 51.4 Å². The second-order valence-electron chi connectivity index (χ2n) is 6.31. The van der Waals surface area contributed by atoms with Gasteiger partial charge in [0.1, 0.15) is 6.10 Å². The second kappa shape index (κ2) is 4.87. The van der Waals surface area contributed by atoms with E-state index in [1.165, 1.54) is 0 Å². The molecule has 1 aromatic heterocycles. The van der Waals surface area contributed by atoms with Crippen LogP contribution in [0.5, 0.6) is 0 Å². The van der Waals surface area contributed by atoms with Crippen LogP contribution in [0, 0.1) is 5.92 Å². The van der Waals surface area contributed by atoms with Gasteiger partial charge in [-0.15, -0.1) is 0 Å². The van der Waals surface area contributed by atoms with Gasteiger partial charge in [-0.25, -0.2) is 0 Å². The lowest BCUT2D eigenvalue weighted by molar-refractivity contribution is 0.0355.